The second-order valence-corrected chi connectivity index (χ2v) is 4.62. The summed E-state index contributed by atoms with van der Waals surface area (Å²) in [6, 6.07) is 14.0. The van der Waals surface area contributed by atoms with Gasteiger partial charge in [-0.25, -0.2) is 4.68 Å². The van der Waals surface area contributed by atoms with Crippen molar-refractivity contribution in [1.82, 2.24) is 20.3 Å². The third-order valence-electron chi connectivity index (χ3n) is 2.95. The largest absolute Gasteiger partial charge is 0.361 e. The zero-order chi connectivity index (χ0) is 13.8. The van der Waals surface area contributed by atoms with Crippen molar-refractivity contribution in [2.24, 2.45) is 0 Å². The second kappa shape index (κ2) is 5.71. The van der Waals surface area contributed by atoms with Crippen molar-refractivity contribution < 1.29 is 4.52 Å². The molecule has 0 spiro atoms. The minimum atomic E-state index is 0.676. The summed E-state index contributed by atoms with van der Waals surface area (Å²) in [4.78, 5) is 0. The van der Waals surface area contributed by atoms with Crippen molar-refractivity contribution in [3.05, 3.63) is 65.8 Å². The molecule has 0 aliphatic carbocycles. The molecule has 5 heteroatoms. The number of para-hydroxylation sites is 1. The van der Waals surface area contributed by atoms with Crippen LogP contribution in [0.4, 0.5) is 0 Å². The molecule has 102 valence electrons. The molecule has 0 amide bonds. The van der Waals surface area contributed by atoms with E-state index in [0.29, 0.717) is 13.1 Å². The van der Waals surface area contributed by atoms with Crippen molar-refractivity contribution in [3.8, 4) is 5.69 Å². The molecule has 0 fully saturated rings. The molecular formula is C15H16N4O. The third kappa shape index (κ3) is 2.95. The van der Waals surface area contributed by atoms with Gasteiger partial charge >= 0.3 is 0 Å². The van der Waals surface area contributed by atoms with Crippen molar-refractivity contribution in [3.63, 3.8) is 0 Å². The number of hydrogen-bond acceptors (Lipinski definition) is 4. The van der Waals surface area contributed by atoms with E-state index >= 15 is 0 Å². The maximum atomic E-state index is 5.02. The smallest absolute Gasteiger partial charge is 0.133 e. The maximum Gasteiger partial charge on any atom is 0.133 e. The SMILES string of the molecule is Cc1cc(CNCc2ccn(-c3ccccc3)n2)no1. The van der Waals surface area contributed by atoms with E-state index in [2.05, 4.69) is 15.6 Å². The molecule has 5 nitrogen and oxygen atoms in total. The van der Waals surface area contributed by atoms with E-state index in [4.69, 9.17) is 4.52 Å². The van der Waals surface area contributed by atoms with E-state index in [1.807, 2.05) is 60.3 Å². The lowest BCUT2D eigenvalue weighted by atomic mass is 10.3. The number of rotatable bonds is 5. The van der Waals surface area contributed by atoms with Gasteiger partial charge in [-0.05, 0) is 25.1 Å². The van der Waals surface area contributed by atoms with Gasteiger partial charge in [-0.15, -0.1) is 0 Å². The lowest BCUT2D eigenvalue weighted by Crippen LogP contribution is -2.13. The van der Waals surface area contributed by atoms with E-state index in [1.165, 1.54) is 0 Å². The molecule has 0 saturated carbocycles. The molecule has 3 rings (SSSR count). The Bertz CT molecular complexity index is 672. The number of aromatic nitrogens is 3. The van der Waals surface area contributed by atoms with Crippen LogP contribution in [0, 0.1) is 6.92 Å². The number of nitrogens with zero attached hydrogens (tertiary/aromatic N) is 3. The van der Waals surface area contributed by atoms with E-state index < -0.39 is 0 Å². The first-order chi connectivity index (χ1) is 9.81. The highest BCUT2D eigenvalue weighted by molar-refractivity contribution is 5.30. The predicted molar refractivity (Wildman–Crippen MR) is 75.3 cm³/mol. The van der Waals surface area contributed by atoms with Gasteiger partial charge in [-0.3, -0.25) is 0 Å². The number of nitrogens with one attached hydrogen (secondary N) is 1. The first kappa shape index (κ1) is 12.6. The van der Waals surface area contributed by atoms with Crippen LogP contribution in [0.5, 0.6) is 0 Å². The maximum absolute atomic E-state index is 5.02. The summed E-state index contributed by atoms with van der Waals surface area (Å²) in [5.41, 5.74) is 2.96. The van der Waals surface area contributed by atoms with Crippen molar-refractivity contribution in [1.29, 1.82) is 0 Å². The van der Waals surface area contributed by atoms with Crippen LogP contribution in [-0.2, 0) is 13.1 Å². The average Bonchev–Trinajstić information content (AvgIpc) is 3.09. The van der Waals surface area contributed by atoms with Crippen LogP contribution in [0.1, 0.15) is 17.1 Å². The highest BCUT2D eigenvalue weighted by Crippen LogP contribution is 2.07. The second-order valence-electron chi connectivity index (χ2n) is 4.62. The van der Waals surface area contributed by atoms with Gasteiger partial charge in [-0.2, -0.15) is 5.10 Å². The van der Waals surface area contributed by atoms with Crippen LogP contribution in [0.25, 0.3) is 5.69 Å². The number of hydrogen-bond donors (Lipinski definition) is 1. The molecule has 0 unspecified atom stereocenters. The highest BCUT2D eigenvalue weighted by Gasteiger charge is 2.02. The summed E-state index contributed by atoms with van der Waals surface area (Å²) < 4.78 is 6.89. The topological polar surface area (TPSA) is 55.9 Å². The Labute approximate surface area is 117 Å². The molecular weight excluding hydrogens is 252 g/mol. The van der Waals surface area contributed by atoms with Crippen LogP contribution in [0.15, 0.2) is 53.2 Å². The summed E-state index contributed by atoms with van der Waals surface area (Å²) in [5.74, 6) is 0.829. The number of aryl methyl sites for hydroxylation is 1. The first-order valence-corrected chi connectivity index (χ1v) is 6.54. The minimum absolute atomic E-state index is 0.676. The Balaban J connectivity index is 1.58. The summed E-state index contributed by atoms with van der Waals surface area (Å²) in [6.07, 6.45) is 1.96. The average molecular weight is 268 g/mol. The molecule has 0 atom stereocenters. The van der Waals surface area contributed by atoms with Gasteiger partial charge in [0.25, 0.3) is 0 Å². The standard InChI is InChI=1S/C15H16N4O/c1-12-9-14(18-20-12)11-16-10-13-7-8-19(17-13)15-5-3-2-4-6-15/h2-9,16H,10-11H2,1H3. The van der Waals surface area contributed by atoms with Gasteiger partial charge in [0, 0.05) is 25.4 Å². The zero-order valence-corrected chi connectivity index (χ0v) is 11.3. The van der Waals surface area contributed by atoms with Crippen LogP contribution in [-0.4, -0.2) is 14.9 Å². The first-order valence-electron chi connectivity index (χ1n) is 6.54. The summed E-state index contributed by atoms with van der Waals surface area (Å²) in [5, 5.41) is 11.8. The van der Waals surface area contributed by atoms with Gasteiger partial charge in [-0.1, -0.05) is 23.4 Å². The fourth-order valence-electron chi connectivity index (χ4n) is 2.00. The molecule has 0 radical (unpaired) electrons. The van der Waals surface area contributed by atoms with E-state index in [0.717, 1.165) is 22.8 Å². The van der Waals surface area contributed by atoms with Gasteiger partial charge in [0.2, 0.25) is 0 Å². The van der Waals surface area contributed by atoms with Gasteiger partial charge in [0.1, 0.15) is 5.76 Å². The summed E-state index contributed by atoms with van der Waals surface area (Å²) in [7, 11) is 0. The fourth-order valence-corrected chi connectivity index (χ4v) is 2.00. The van der Waals surface area contributed by atoms with Gasteiger partial charge < -0.3 is 9.84 Å². The molecule has 0 aliphatic heterocycles. The van der Waals surface area contributed by atoms with Crippen molar-refractivity contribution in [2.45, 2.75) is 20.0 Å². The number of benzene rings is 1. The zero-order valence-electron chi connectivity index (χ0n) is 11.3. The van der Waals surface area contributed by atoms with Crippen LogP contribution >= 0.6 is 0 Å². The predicted octanol–water partition coefficient (Wildman–Crippen LogP) is 2.46. The lowest BCUT2D eigenvalue weighted by molar-refractivity contribution is 0.388. The normalized spacial score (nSPS) is 10.8. The Morgan fingerprint density at radius 3 is 2.65 bits per heavy atom. The van der Waals surface area contributed by atoms with Crippen molar-refractivity contribution >= 4 is 0 Å². The third-order valence-corrected chi connectivity index (χ3v) is 2.95. The van der Waals surface area contributed by atoms with E-state index in [1.54, 1.807) is 0 Å². The Hall–Kier alpha value is -2.40. The summed E-state index contributed by atoms with van der Waals surface area (Å²) >= 11 is 0. The Morgan fingerprint density at radius 2 is 1.90 bits per heavy atom. The minimum Gasteiger partial charge on any atom is -0.361 e. The van der Waals surface area contributed by atoms with Crippen LogP contribution < -0.4 is 5.32 Å². The molecule has 20 heavy (non-hydrogen) atoms. The van der Waals surface area contributed by atoms with Crippen LogP contribution in [0.2, 0.25) is 0 Å². The monoisotopic (exact) mass is 268 g/mol. The van der Waals surface area contributed by atoms with Crippen LogP contribution in [0.3, 0.4) is 0 Å². The molecule has 0 saturated heterocycles. The quantitative estimate of drug-likeness (QED) is 0.772. The lowest BCUT2D eigenvalue weighted by Gasteiger charge is -2.01. The molecule has 1 N–H and O–H groups in total. The molecule has 1 aromatic carbocycles. The molecule has 2 heterocycles. The fraction of sp³-hybridized carbons (Fsp3) is 0.200. The van der Waals surface area contributed by atoms with Gasteiger partial charge in [0.05, 0.1) is 17.1 Å². The molecule has 3 aromatic rings. The Kier molecular flexibility index (Phi) is 3.60. The summed E-state index contributed by atoms with van der Waals surface area (Å²) in [6.45, 7) is 3.26. The molecule has 2 aromatic heterocycles. The molecule has 0 bridgehead atoms. The van der Waals surface area contributed by atoms with Crippen molar-refractivity contribution in [2.75, 3.05) is 0 Å². The molecule has 0 aliphatic rings. The van der Waals surface area contributed by atoms with E-state index in [-0.39, 0.29) is 0 Å². The highest BCUT2D eigenvalue weighted by atomic mass is 16.5. The Morgan fingerprint density at radius 1 is 1.10 bits per heavy atom. The van der Waals surface area contributed by atoms with Gasteiger partial charge in [0.15, 0.2) is 0 Å². The van der Waals surface area contributed by atoms with E-state index in [9.17, 15) is 0 Å².